The van der Waals surface area contributed by atoms with Crippen molar-refractivity contribution in [3.05, 3.63) is 77.3 Å². The minimum Gasteiger partial charge on any atom is -0.465 e. The maximum Gasteiger partial charge on any atom is 0.267 e. The highest BCUT2D eigenvalue weighted by atomic mass is 32.2. The first-order chi connectivity index (χ1) is 13.7. The number of rotatable bonds is 9. The van der Waals surface area contributed by atoms with Crippen molar-refractivity contribution in [2.75, 3.05) is 12.3 Å². The molecule has 0 saturated heterocycles. The van der Waals surface area contributed by atoms with Crippen LogP contribution >= 0.6 is 23.1 Å². The van der Waals surface area contributed by atoms with E-state index < -0.39 is 0 Å². The Morgan fingerprint density at radius 1 is 1.18 bits per heavy atom. The fraction of sp³-hybridized carbons (Fsp3) is 0.150. The van der Waals surface area contributed by atoms with Crippen LogP contribution in [0.25, 0.3) is 6.08 Å². The lowest BCUT2D eigenvalue weighted by Crippen LogP contribution is -2.35. The SMILES string of the molecule is O=C(NCCCSc1nccs1)/C(=C/c1ccco1)NC(=O)c1ccccc1. The lowest BCUT2D eigenvalue weighted by Gasteiger charge is -2.10. The average Bonchev–Trinajstić information content (AvgIpc) is 3.42. The second-order valence-electron chi connectivity index (χ2n) is 5.65. The minimum absolute atomic E-state index is 0.136. The number of carbonyl (C=O) groups is 2. The predicted octanol–water partition coefficient (Wildman–Crippen LogP) is 3.81. The molecule has 28 heavy (non-hydrogen) atoms. The van der Waals surface area contributed by atoms with Gasteiger partial charge in [0.1, 0.15) is 15.8 Å². The lowest BCUT2D eigenvalue weighted by atomic mass is 10.2. The zero-order valence-corrected chi connectivity index (χ0v) is 16.6. The van der Waals surface area contributed by atoms with E-state index in [4.69, 9.17) is 4.42 Å². The third kappa shape index (κ3) is 6.11. The highest BCUT2D eigenvalue weighted by Crippen LogP contribution is 2.20. The van der Waals surface area contributed by atoms with Crippen molar-refractivity contribution in [1.82, 2.24) is 15.6 Å². The monoisotopic (exact) mass is 413 g/mol. The molecule has 8 heteroatoms. The summed E-state index contributed by atoms with van der Waals surface area (Å²) in [4.78, 5) is 29.2. The van der Waals surface area contributed by atoms with E-state index in [0.717, 1.165) is 16.5 Å². The number of hydrogen-bond donors (Lipinski definition) is 2. The molecule has 0 saturated carbocycles. The van der Waals surface area contributed by atoms with Gasteiger partial charge in [0.2, 0.25) is 0 Å². The fourth-order valence-corrected chi connectivity index (χ4v) is 3.92. The Morgan fingerprint density at radius 2 is 2.04 bits per heavy atom. The molecule has 0 radical (unpaired) electrons. The van der Waals surface area contributed by atoms with E-state index in [2.05, 4.69) is 15.6 Å². The van der Waals surface area contributed by atoms with Gasteiger partial charge < -0.3 is 15.1 Å². The molecule has 3 rings (SSSR count). The first-order valence-corrected chi connectivity index (χ1v) is 10.5. The van der Waals surface area contributed by atoms with Crippen LogP contribution in [0.3, 0.4) is 0 Å². The third-order valence-corrected chi connectivity index (χ3v) is 5.65. The first-order valence-electron chi connectivity index (χ1n) is 8.64. The summed E-state index contributed by atoms with van der Waals surface area (Å²) < 4.78 is 6.28. The van der Waals surface area contributed by atoms with E-state index in [1.807, 2.05) is 11.4 Å². The molecule has 2 aromatic heterocycles. The zero-order chi connectivity index (χ0) is 19.6. The number of carbonyl (C=O) groups excluding carboxylic acids is 2. The molecular weight excluding hydrogens is 394 g/mol. The van der Waals surface area contributed by atoms with Gasteiger partial charge in [-0.25, -0.2) is 4.98 Å². The van der Waals surface area contributed by atoms with Gasteiger partial charge >= 0.3 is 0 Å². The van der Waals surface area contributed by atoms with Crippen LogP contribution in [0, 0.1) is 0 Å². The molecule has 144 valence electrons. The van der Waals surface area contributed by atoms with Gasteiger partial charge in [-0.15, -0.1) is 11.3 Å². The number of nitrogens with zero attached hydrogens (tertiary/aromatic N) is 1. The molecule has 3 aromatic rings. The quantitative estimate of drug-likeness (QED) is 0.317. The number of thioether (sulfide) groups is 1. The standard InChI is InChI=1S/C20H19N3O3S2/c24-18(15-6-2-1-3-7-15)23-17(14-16-8-4-11-26-16)19(25)21-9-5-12-27-20-22-10-13-28-20/h1-4,6-8,10-11,13-14H,5,9,12H2,(H,21,25)(H,23,24)/b17-14-. The molecule has 1 aromatic carbocycles. The van der Waals surface area contributed by atoms with Crippen molar-refractivity contribution in [3.8, 4) is 0 Å². The van der Waals surface area contributed by atoms with Crippen LogP contribution in [0.1, 0.15) is 22.5 Å². The summed E-state index contributed by atoms with van der Waals surface area (Å²) in [6.45, 7) is 0.494. The van der Waals surface area contributed by atoms with Crippen LogP contribution < -0.4 is 10.6 Å². The van der Waals surface area contributed by atoms with Crippen molar-refractivity contribution in [1.29, 1.82) is 0 Å². The summed E-state index contributed by atoms with van der Waals surface area (Å²) in [5.41, 5.74) is 0.608. The van der Waals surface area contributed by atoms with Crippen molar-refractivity contribution in [2.45, 2.75) is 10.8 Å². The zero-order valence-electron chi connectivity index (χ0n) is 15.0. The first kappa shape index (κ1) is 19.9. The molecule has 6 nitrogen and oxygen atoms in total. The summed E-state index contributed by atoms with van der Waals surface area (Å²) in [7, 11) is 0. The van der Waals surface area contributed by atoms with Crippen molar-refractivity contribution in [3.63, 3.8) is 0 Å². The summed E-state index contributed by atoms with van der Waals surface area (Å²) in [5, 5.41) is 7.45. The van der Waals surface area contributed by atoms with Gasteiger partial charge in [0.15, 0.2) is 0 Å². The van der Waals surface area contributed by atoms with E-state index in [1.165, 1.54) is 12.3 Å². The molecule has 0 spiro atoms. The molecule has 2 N–H and O–H groups in total. The van der Waals surface area contributed by atoms with Gasteiger partial charge in [0, 0.05) is 35.5 Å². The van der Waals surface area contributed by atoms with Crippen LogP contribution in [0.4, 0.5) is 0 Å². The van der Waals surface area contributed by atoms with Crippen molar-refractivity contribution in [2.24, 2.45) is 0 Å². The van der Waals surface area contributed by atoms with Gasteiger partial charge in [0.25, 0.3) is 11.8 Å². The van der Waals surface area contributed by atoms with Crippen LogP contribution in [-0.4, -0.2) is 29.1 Å². The Labute approximate surface area is 171 Å². The molecule has 0 bridgehead atoms. The topological polar surface area (TPSA) is 84.2 Å². The van der Waals surface area contributed by atoms with Crippen molar-refractivity contribution < 1.29 is 14.0 Å². The maximum absolute atomic E-state index is 12.6. The van der Waals surface area contributed by atoms with Gasteiger partial charge in [0.05, 0.1) is 6.26 Å². The normalized spacial score (nSPS) is 11.2. The van der Waals surface area contributed by atoms with Gasteiger partial charge in [-0.3, -0.25) is 9.59 Å². The van der Waals surface area contributed by atoms with Gasteiger partial charge in [-0.2, -0.15) is 0 Å². The van der Waals surface area contributed by atoms with Crippen LogP contribution in [-0.2, 0) is 4.79 Å². The number of aromatic nitrogens is 1. The Kier molecular flexibility index (Phi) is 7.45. The minimum atomic E-state index is -0.361. The maximum atomic E-state index is 12.6. The Hall–Kier alpha value is -2.84. The second kappa shape index (κ2) is 10.5. The Bertz CT molecular complexity index is 908. The van der Waals surface area contributed by atoms with E-state index in [0.29, 0.717) is 17.9 Å². The summed E-state index contributed by atoms with van der Waals surface area (Å²) in [6.07, 6.45) is 5.59. The average molecular weight is 414 g/mol. The van der Waals surface area contributed by atoms with Crippen LogP contribution in [0.15, 0.2) is 74.8 Å². The smallest absolute Gasteiger partial charge is 0.267 e. The molecular formula is C20H19N3O3S2. The number of thiazole rings is 1. The molecule has 2 amide bonds. The highest BCUT2D eigenvalue weighted by Gasteiger charge is 2.15. The third-order valence-electron chi connectivity index (χ3n) is 3.60. The lowest BCUT2D eigenvalue weighted by molar-refractivity contribution is -0.117. The molecule has 0 aliphatic heterocycles. The van der Waals surface area contributed by atoms with Gasteiger partial charge in [-0.05, 0) is 30.7 Å². The van der Waals surface area contributed by atoms with Gasteiger partial charge in [-0.1, -0.05) is 30.0 Å². The fourth-order valence-electron chi connectivity index (χ4n) is 2.27. The molecule has 0 fully saturated rings. The van der Waals surface area contributed by atoms with E-state index >= 15 is 0 Å². The second-order valence-corrected chi connectivity index (χ2v) is 7.89. The number of hydrogen-bond acceptors (Lipinski definition) is 6. The summed E-state index contributed by atoms with van der Waals surface area (Å²) >= 11 is 3.25. The van der Waals surface area contributed by atoms with E-state index in [-0.39, 0.29) is 17.5 Å². The summed E-state index contributed by atoms with van der Waals surface area (Å²) in [5.74, 6) is 0.618. The van der Waals surface area contributed by atoms with E-state index in [1.54, 1.807) is 65.7 Å². The van der Waals surface area contributed by atoms with E-state index in [9.17, 15) is 9.59 Å². The Balaban J connectivity index is 1.56. The molecule has 0 atom stereocenters. The molecule has 2 heterocycles. The van der Waals surface area contributed by atoms with Crippen LogP contribution in [0.2, 0.25) is 0 Å². The molecule has 0 aliphatic carbocycles. The number of benzene rings is 1. The number of furan rings is 1. The predicted molar refractivity (Wildman–Crippen MR) is 111 cm³/mol. The summed E-state index contributed by atoms with van der Waals surface area (Å²) in [6, 6.07) is 12.2. The largest absolute Gasteiger partial charge is 0.465 e. The Morgan fingerprint density at radius 3 is 2.75 bits per heavy atom. The van der Waals surface area contributed by atoms with Crippen molar-refractivity contribution >= 4 is 41.0 Å². The number of nitrogens with one attached hydrogen (secondary N) is 2. The van der Waals surface area contributed by atoms with Crippen LogP contribution in [0.5, 0.6) is 0 Å². The molecule has 0 unspecified atom stereocenters. The highest BCUT2D eigenvalue weighted by molar-refractivity contribution is 8.00. The molecule has 0 aliphatic rings. The number of amides is 2.